The monoisotopic (exact) mass is 321 g/mol. The van der Waals surface area contributed by atoms with Gasteiger partial charge in [0.2, 0.25) is 0 Å². The number of halogens is 1. The quantitative estimate of drug-likeness (QED) is 0.911. The van der Waals surface area contributed by atoms with Gasteiger partial charge < -0.3 is 5.32 Å². The van der Waals surface area contributed by atoms with Gasteiger partial charge in [-0.1, -0.05) is 11.6 Å². The van der Waals surface area contributed by atoms with Gasteiger partial charge in [-0.2, -0.15) is 0 Å². The van der Waals surface area contributed by atoms with Crippen LogP contribution in [0.1, 0.15) is 36.7 Å². The van der Waals surface area contributed by atoms with Crippen LogP contribution in [0.5, 0.6) is 0 Å². The SMILES string of the molecule is Clc1ccc2sc(C3CCCN3C3CCNCC3)nc2c1. The number of thiazole rings is 1. The average molecular weight is 322 g/mol. The highest BCUT2D eigenvalue weighted by Crippen LogP contribution is 2.39. The zero-order valence-electron chi connectivity index (χ0n) is 12.0. The molecule has 0 saturated carbocycles. The summed E-state index contributed by atoms with van der Waals surface area (Å²) in [5.74, 6) is 0. The number of piperidine rings is 1. The molecule has 2 aliphatic heterocycles. The second kappa shape index (κ2) is 5.84. The van der Waals surface area contributed by atoms with Crippen LogP contribution in [0.4, 0.5) is 0 Å². The summed E-state index contributed by atoms with van der Waals surface area (Å²) in [7, 11) is 0. The van der Waals surface area contributed by atoms with Gasteiger partial charge in [-0.15, -0.1) is 11.3 Å². The number of nitrogens with zero attached hydrogens (tertiary/aromatic N) is 2. The molecule has 1 N–H and O–H groups in total. The molecule has 0 radical (unpaired) electrons. The highest BCUT2D eigenvalue weighted by Gasteiger charge is 2.34. The summed E-state index contributed by atoms with van der Waals surface area (Å²) in [5.41, 5.74) is 1.06. The Morgan fingerprint density at radius 3 is 2.95 bits per heavy atom. The molecule has 1 aromatic carbocycles. The van der Waals surface area contributed by atoms with Crippen molar-refractivity contribution >= 4 is 33.2 Å². The highest BCUT2D eigenvalue weighted by molar-refractivity contribution is 7.18. The second-order valence-electron chi connectivity index (χ2n) is 6.04. The lowest BCUT2D eigenvalue weighted by molar-refractivity contribution is 0.148. The summed E-state index contributed by atoms with van der Waals surface area (Å²) < 4.78 is 1.26. The van der Waals surface area contributed by atoms with Crippen LogP contribution >= 0.6 is 22.9 Å². The smallest absolute Gasteiger partial charge is 0.111 e. The van der Waals surface area contributed by atoms with Crippen LogP contribution < -0.4 is 5.32 Å². The summed E-state index contributed by atoms with van der Waals surface area (Å²) in [6.45, 7) is 3.54. The Bertz CT molecular complexity index is 635. The Labute approximate surface area is 134 Å². The van der Waals surface area contributed by atoms with E-state index in [9.17, 15) is 0 Å². The van der Waals surface area contributed by atoms with Gasteiger partial charge in [0.1, 0.15) is 5.01 Å². The Kier molecular flexibility index (Phi) is 3.88. The molecule has 0 spiro atoms. The second-order valence-corrected chi connectivity index (χ2v) is 7.54. The predicted molar refractivity (Wildman–Crippen MR) is 89.2 cm³/mol. The Morgan fingerprint density at radius 2 is 2.10 bits per heavy atom. The summed E-state index contributed by atoms with van der Waals surface area (Å²) in [5, 5.41) is 5.53. The Hall–Kier alpha value is -0.680. The topological polar surface area (TPSA) is 28.2 Å². The first-order valence-electron chi connectivity index (χ1n) is 7.84. The lowest BCUT2D eigenvalue weighted by Gasteiger charge is -2.35. The van der Waals surface area contributed by atoms with Gasteiger partial charge in [0, 0.05) is 11.1 Å². The van der Waals surface area contributed by atoms with Crippen molar-refractivity contribution in [2.24, 2.45) is 0 Å². The maximum atomic E-state index is 6.09. The first-order chi connectivity index (χ1) is 10.3. The first kappa shape index (κ1) is 13.9. The standard InChI is InChI=1S/C16H20ClN3S/c17-11-3-4-15-13(10-11)19-16(21-15)14-2-1-9-20(14)12-5-7-18-8-6-12/h3-4,10,12,14,18H,1-2,5-9H2. The minimum Gasteiger partial charge on any atom is -0.317 e. The summed E-state index contributed by atoms with van der Waals surface area (Å²) >= 11 is 7.93. The summed E-state index contributed by atoms with van der Waals surface area (Å²) in [6, 6.07) is 7.30. The molecule has 3 heterocycles. The van der Waals surface area contributed by atoms with E-state index in [1.165, 1.54) is 41.9 Å². The van der Waals surface area contributed by atoms with Crippen LogP contribution in [-0.2, 0) is 0 Å². The van der Waals surface area contributed by atoms with E-state index in [1.54, 1.807) is 0 Å². The molecule has 5 heteroatoms. The van der Waals surface area contributed by atoms with Gasteiger partial charge in [0.25, 0.3) is 0 Å². The fourth-order valence-electron chi connectivity index (χ4n) is 3.69. The molecule has 0 aliphatic carbocycles. The van der Waals surface area contributed by atoms with Crippen molar-refractivity contribution in [2.75, 3.05) is 19.6 Å². The van der Waals surface area contributed by atoms with Gasteiger partial charge in [0.15, 0.2) is 0 Å². The van der Waals surface area contributed by atoms with Crippen molar-refractivity contribution in [1.29, 1.82) is 0 Å². The van der Waals surface area contributed by atoms with Crippen LogP contribution in [0.3, 0.4) is 0 Å². The lowest BCUT2D eigenvalue weighted by Crippen LogP contribution is -2.42. The fourth-order valence-corrected chi connectivity index (χ4v) is 4.96. The molecule has 4 rings (SSSR count). The number of hydrogen-bond donors (Lipinski definition) is 1. The molecule has 21 heavy (non-hydrogen) atoms. The number of benzene rings is 1. The molecule has 2 fully saturated rings. The van der Waals surface area contributed by atoms with Gasteiger partial charge in [-0.3, -0.25) is 4.90 Å². The minimum atomic E-state index is 0.518. The highest BCUT2D eigenvalue weighted by atomic mass is 35.5. The molecule has 112 valence electrons. The van der Waals surface area contributed by atoms with Crippen LogP contribution in [0.2, 0.25) is 5.02 Å². The lowest BCUT2D eigenvalue weighted by atomic mass is 10.0. The van der Waals surface area contributed by atoms with Crippen LogP contribution in [0.15, 0.2) is 18.2 Å². The van der Waals surface area contributed by atoms with Gasteiger partial charge in [-0.25, -0.2) is 4.98 Å². The molecule has 0 amide bonds. The molecule has 2 aromatic rings. The average Bonchev–Trinajstić information content (AvgIpc) is 3.13. The molecule has 1 aromatic heterocycles. The predicted octanol–water partition coefficient (Wildman–Crippen LogP) is 3.84. The molecule has 2 aliphatic rings. The van der Waals surface area contributed by atoms with Crippen molar-refractivity contribution in [3.8, 4) is 0 Å². The van der Waals surface area contributed by atoms with E-state index in [2.05, 4.69) is 16.3 Å². The third kappa shape index (κ3) is 2.70. The molecular weight excluding hydrogens is 302 g/mol. The van der Waals surface area contributed by atoms with E-state index in [4.69, 9.17) is 16.6 Å². The molecule has 3 nitrogen and oxygen atoms in total. The van der Waals surface area contributed by atoms with Crippen molar-refractivity contribution in [2.45, 2.75) is 37.8 Å². The number of rotatable bonds is 2. The minimum absolute atomic E-state index is 0.518. The van der Waals surface area contributed by atoms with Crippen LogP contribution in [-0.4, -0.2) is 35.6 Å². The fraction of sp³-hybridized carbons (Fsp3) is 0.562. The van der Waals surface area contributed by atoms with E-state index >= 15 is 0 Å². The zero-order valence-corrected chi connectivity index (χ0v) is 13.6. The van der Waals surface area contributed by atoms with Crippen LogP contribution in [0.25, 0.3) is 10.2 Å². The number of aromatic nitrogens is 1. The number of likely N-dealkylation sites (tertiary alicyclic amines) is 1. The maximum absolute atomic E-state index is 6.09. The third-order valence-electron chi connectivity index (χ3n) is 4.72. The summed E-state index contributed by atoms with van der Waals surface area (Å²) in [6.07, 6.45) is 5.09. The van der Waals surface area contributed by atoms with Crippen LogP contribution in [0, 0.1) is 0 Å². The number of nitrogens with one attached hydrogen (secondary N) is 1. The largest absolute Gasteiger partial charge is 0.317 e. The van der Waals surface area contributed by atoms with E-state index in [0.29, 0.717) is 6.04 Å². The van der Waals surface area contributed by atoms with Gasteiger partial charge in [-0.05, 0) is 63.5 Å². The molecule has 1 unspecified atom stereocenters. The van der Waals surface area contributed by atoms with Crippen molar-refractivity contribution in [1.82, 2.24) is 15.2 Å². The summed E-state index contributed by atoms with van der Waals surface area (Å²) in [4.78, 5) is 7.59. The Morgan fingerprint density at radius 1 is 1.24 bits per heavy atom. The maximum Gasteiger partial charge on any atom is 0.111 e. The molecule has 2 saturated heterocycles. The molecule has 1 atom stereocenters. The van der Waals surface area contributed by atoms with Crippen molar-refractivity contribution in [3.63, 3.8) is 0 Å². The normalized spacial score (nSPS) is 24.9. The van der Waals surface area contributed by atoms with Crippen molar-refractivity contribution in [3.05, 3.63) is 28.2 Å². The van der Waals surface area contributed by atoms with E-state index in [-0.39, 0.29) is 0 Å². The number of hydrogen-bond acceptors (Lipinski definition) is 4. The van der Waals surface area contributed by atoms with E-state index in [0.717, 1.165) is 29.7 Å². The zero-order chi connectivity index (χ0) is 14.2. The molecule has 0 bridgehead atoms. The van der Waals surface area contributed by atoms with Gasteiger partial charge in [0.05, 0.1) is 16.3 Å². The first-order valence-corrected chi connectivity index (χ1v) is 9.03. The Balaban J connectivity index is 1.63. The van der Waals surface area contributed by atoms with E-state index < -0.39 is 0 Å². The molecular formula is C16H20ClN3S. The number of fused-ring (bicyclic) bond motifs is 1. The van der Waals surface area contributed by atoms with Crippen molar-refractivity contribution < 1.29 is 0 Å². The third-order valence-corrected chi connectivity index (χ3v) is 6.10. The van der Waals surface area contributed by atoms with Gasteiger partial charge >= 0.3 is 0 Å². The van der Waals surface area contributed by atoms with E-state index in [1.807, 2.05) is 23.5 Å².